The summed E-state index contributed by atoms with van der Waals surface area (Å²) in [6.07, 6.45) is 2.22. The molecule has 0 atom stereocenters. The summed E-state index contributed by atoms with van der Waals surface area (Å²) < 4.78 is 50.3. The first kappa shape index (κ1) is 12.9. The van der Waals surface area contributed by atoms with E-state index in [9.17, 15) is 17.6 Å². The third-order valence-electron chi connectivity index (χ3n) is 1.86. The first-order chi connectivity index (χ1) is 7.46. The zero-order chi connectivity index (χ0) is 12.2. The van der Waals surface area contributed by atoms with Gasteiger partial charge in [0.1, 0.15) is 12.4 Å². The molecule has 0 unspecified atom stereocenters. The normalized spacial score (nSPS) is 12.4. The number of hydrogen-bond acceptors (Lipinski definition) is 3. The molecule has 0 aromatic carbocycles. The van der Waals surface area contributed by atoms with Crippen molar-refractivity contribution in [2.75, 3.05) is 13.2 Å². The number of alkyl halides is 4. The standard InChI is InChI=1S/C8H11F4N3O/c9-7(10)15-2-1-14-6(15)3-13-4-8(11,12)5-16/h1-2,7,13,16H,3-5H2. The lowest BCUT2D eigenvalue weighted by Gasteiger charge is -2.14. The Bertz CT molecular complexity index is 329. The van der Waals surface area contributed by atoms with Crippen LogP contribution in [0.25, 0.3) is 0 Å². The fourth-order valence-electron chi connectivity index (χ4n) is 1.07. The van der Waals surface area contributed by atoms with Gasteiger partial charge in [0, 0.05) is 12.4 Å². The minimum atomic E-state index is -3.26. The van der Waals surface area contributed by atoms with Gasteiger partial charge in [0.15, 0.2) is 0 Å². The number of aromatic nitrogens is 2. The highest BCUT2D eigenvalue weighted by atomic mass is 19.3. The molecule has 0 amide bonds. The fourth-order valence-corrected chi connectivity index (χ4v) is 1.07. The zero-order valence-electron chi connectivity index (χ0n) is 8.21. The van der Waals surface area contributed by atoms with E-state index in [0.29, 0.717) is 4.57 Å². The summed E-state index contributed by atoms with van der Waals surface area (Å²) in [4.78, 5) is 3.60. The van der Waals surface area contributed by atoms with Crippen molar-refractivity contribution in [3.05, 3.63) is 18.2 Å². The van der Waals surface area contributed by atoms with E-state index in [0.717, 1.165) is 12.4 Å². The van der Waals surface area contributed by atoms with E-state index in [1.165, 1.54) is 0 Å². The van der Waals surface area contributed by atoms with Crippen molar-refractivity contribution in [2.24, 2.45) is 0 Å². The SMILES string of the molecule is OCC(F)(F)CNCc1nccn1C(F)F. The molecule has 0 fully saturated rings. The maximum Gasteiger partial charge on any atom is 0.319 e. The Hall–Kier alpha value is -1.15. The number of rotatable bonds is 6. The monoisotopic (exact) mass is 241 g/mol. The summed E-state index contributed by atoms with van der Waals surface area (Å²) in [5.74, 6) is -3.30. The lowest BCUT2D eigenvalue weighted by atomic mass is 10.3. The zero-order valence-corrected chi connectivity index (χ0v) is 8.21. The van der Waals surface area contributed by atoms with Gasteiger partial charge >= 0.3 is 6.55 Å². The van der Waals surface area contributed by atoms with Crippen molar-refractivity contribution in [2.45, 2.75) is 19.0 Å². The molecule has 0 bridgehead atoms. The Labute approximate surface area is 88.9 Å². The number of imidazole rings is 1. The molecule has 0 saturated heterocycles. The second kappa shape index (κ2) is 5.26. The molecule has 1 aromatic heterocycles. The van der Waals surface area contributed by atoms with Crippen LogP contribution in [0.5, 0.6) is 0 Å². The molecular weight excluding hydrogens is 230 g/mol. The largest absolute Gasteiger partial charge is 0.390 e. The van der Waals surface area contributed by atoms with E-state index in [2.05, 4.69) is 10.3 Å². The molecule has 92 valence electrons. The molecule has 0 radical (unpaired) electrons. The first-order valence-corrected chi connectivity index (χ1v) is 4.45. The highest BCUT2D eigenvalue weighted by molar-refractivity contribution is 4.92. The molecular formula is C8H11F4N3O. The van der Waals surface area contributed by atoms with E-state index >= 15 is 0 Å². The molecule has 1 rings (SSSR count). The summed E-state index contributed by atoms with van der Waals surface area (Å²) in [7, 11) is 0. The highest BCUT2D eigenvalue weighted by Gasteiger charge is 2.27. The number of halogens is 4. The summed E-state index contributed by atoms with van der Waals surface area (Å²) in [5, 5.41) is 10.5. The highest BCUT2D eigenvalue weighted by Crippen LogP contribution is 2.13. The van der Waals surface area contributed by atoms with E-state index in [1.54, 1.807) is 0 Å². The van der Waals surface area contributed by atoms with Gasteiger partial charge in [0.2, 0.25) is 0 Å². The van der Waals surface area contributed by atoms with Crippen LogP contribution in [0.2, 0.25) is 0 Å². The van der Waals surface area contributed by atoms with E-state index < -0.39 is 25.6 Å². The van der Waals surface area contributed by atoms with Crippen LogP contribution >= 0.6 is 0 Å². The molecule has 2 N–H and O–H groups in total. The van der Waals surface area contributed by atoms with Gasteiger partial charge in [-0.2, -0.15) is 8.78 Å². The topological polar surface area (TPSA) is 50.1 Å². The van der Waals surface area contributed by atoms with Gasteiger partial charge in [0.05, 0.1) is 13.1 Å². The minimum Gasteiger partial charge on any atom is -0.390 e. The lowest BCUT2D eigenvalue weighted by molar-refractivity contribution is -0.0480. The summed E-state index contributed by atoms with van der Waals surface area (Å²) >= 11 is 0. The maximum atomic E-state index is 12.6. The van der Waals surface area contributed by atoms with Gasteiger partial charge in [-0.25, -0.2) is 13.8 Å². The van der Waals surface area contributed by atoms with Crippen LogP contribution in [0.15, 0.2) is 12.4 Å². The molecule has 1 aromatic rings. The predicted molar refractivity (Wildman–Crippen MR) is 47.2 cm³/mol. The molecule has 0 aliphatic rings. The number of hydrogen-bond donors (Lipinski definition) is 2. The third kappa shape index (κ3) is 3.46. The Morgan fingerprint density at radius 1 is 1.50 bits per heavy atom. The van der Waals surface area contributed by atoms with Gasteiger partial charge in [-0.1, -0.05) is 0 Å². The average Bonchev–Trinajstić information content (AvgIpc) is 2.66. The molecule has 8 heteroatoms. The van der Waals surface area contributed by atoms with Gasteiger partial charge in [0.25, 0.3) is 5.92 Å². The van der Waals surface area contributed by atoms with Crippen molar-refractivity contribution < 1.29 is 22.7 Å². The molecule has 16 heavy (non-hydrogen) atoms. The maximum absolute atomic E-state index is 12.6. The molecule has 0 aliphatic carbocycles. The molecule has 1 heterocycles. The Morgan fingerprint density at radius 3 is 2.75 bits per heavy atom. The summed E-state index contributed by atoms with van der Waals surface area (Å²) in [6, 6.07) is 0. The number of nitrogens with one attached hydrogen (secondary N) is 1. The second-order valence-corrected chi connectivity index (χ2v) is 3.15. The van der Waals surface area contributed by atoms with Crippen LogP contribution in [0.1, 0.15) is 12.4 Å². The van der Waals surface area contributed by atoms with Crippen LogP contribution in [0, 0.1) is 0 Å². The van der Waals surface area contributed by atoms with Crippen molar-refractivity contribution in [3.8, 4) is 0 Å². The third-order valence-corrected chi connectivity index (χ3v) is 1.86. The van der Waals surface area contributed by atoms with E-state index in [4.69, 9.17) is 5.11 Å². The van der Waals surface area contributed by atoms with Crippen LogP contribution < -0.4 is 5.32 Å². The molecule has 4 nitrogen and oxygen atoms in total. The molecule has 0 aliphatic heterocycles. The van der Waals surface area contributed by atoms with Gasteiger partial charge in [-0.15, -0.1) is 0 Å². The quantitative estimate of drug-likeness (QED) is 0.730. The molecule has 0 spiro atoms. The number of aliphatic hydroxyl groups is 1. The van der Waals surface area contributed by atoms with Crippen molar-refractivity contribution >= 4 is 0 Å². The summed E-state index contributed by atoms with van der Waals surface area (Å²) in [5.41, 5.74) is 0. The molecule has 0 saturated carbocycles. The average molecular weight is 241 g/mol. The Morgan fingerprint density at radius 2 is 2.19 bits per heavy atom. The van der Waals surface area contributed by atoms with Gasteiger partial charge < -0.3 is 10.4 Å². The predicted octanol–water partition coefficient (Wildman–Crippen LogP) is 0.995. The van der Waals surface area contributed by atoms with Crippen LogP contribution in [0.3, 0.4) is 0 Å². The number of nitrogens with zero attached hydrogens (tertiary/aromatic N) is 2. The minimum absolute atomic E-state index is 0.0382. The fraction of sp³-hybridized carbons (Fsp3) is 0.625. The first-order valence-electron chi connectivity index (χ1n) is 4.45. The van der Waals surface area contributed by atoms with E-state index in [1.807, 2.05) is 0 Å². The van der Waals surface area contributed by atoms with Gasteiger partial charge in [-0.3, -0.25) is 4.57 Å². The van der Waals surface area contributed by atoms with Crippen molar-refractivity contribution in [3.63, 3.8) is 0 Å². The second-order valence-electron chi connectivity index (χ2n) is 3.15. The number of aliphatic hydroxyl groups excluding tert-OH is 1. The van der Waals surface area contributed by atoms with Crippen molar-refractivity contribution in [1.82, 2.24) is 14.9 Å². The van der Waals surface area contributed by atoms with Crippen LogP contribution in [0.4, 0.5) is 17.6 Å². The van der Waals surface area contributed by atoms with Gasteiger partial charge in [-0.05, 0) is 0 Å². The van der Waals surface area contributed by atoms with Crippen LogP contribution in [-0.4, -0.2) is 33.7 Å². The van der Waals surface area contributed by atoms with E-state index in [-0.39, 0.29) is 12.4 Å². The lowest BCUT2D eigenvalue weighted by Crippen LogP contribution is -2.36. The summed E-state index contributed by atoms with van der Waals surface area (Å²) in [6.45, 7) is -5.05. The smallest absolute Gasteiger partial charge is 0.319 e. The van der Waals surface area contributed by atoms with Crippen molar-refractivity contribution in [1.29, 1.82) is 0 Å². The van der Waals surface area contributed by atoms with Crippen LogP contribution in [-0.2, 0) is 6.54 Å². The Balaban J connectivity index is 2.46. The Kier molecular flexibility index (Phi) is 4.25.